The Balaban J connectivity index is 2.15. The monoisotopic (exact) mass is 424 g/mol. The van der Waals surface area contributed by atoms with E-state index in [-0.39, 0.29) is 30.0 Å². The van der Waals surface area contributed by atoms with Gasteiger partial charge in [-0.1, -0.05) is 23.7 Å². The third-order valence-electron chi connectivity index (χ3n) is 3.85. The van der Waals surface area contributed by atoms with Crippen LogP contribution in [0.3, 0.4) is 0 Å². The molecule has 0 spiro atoms. The van der Waals surface area contributed by atoms with Gasteiger partial charge in [-0.3, -0.25) is 13.9 Å². The number of nitrogens with zero attached hydrogens (tertiary/aromatic N) is 1. The van der Waals surface area contributed by atoms with E-state index >= 15 is 0 Å². The molecule has 1 amide bonds. The van der Waals surface area contributed by atoms with E-state index in [1.807, 2.05) is 0 Å². The zero-order valence-electron chi connectivity index (χ0n) is 15.5. The van der Waals surface area contributed by atoms with Crippen LogP contribution in [0.15, 0.2) is 53.4 Å². The van der Waals surface area contributed by atoms with Crippen LogP contribution in [0.4, 0.5) is 5.69 Å². The second-order valence-corrected chi connectivity index (χ2v) is 8.20. The quantitative estimate of drug-likeness (QED) is 0.658. The number of esters is 1. The van der Waals surface area contributed by atoms with Gasteiger partial charge in [-0.05, 0) is 43.3 Å². The predicted octanol–water partition coefficient (Wildman–Crippen LogP) is 2.85. The molecule has 0 aromatic heterocycles. The summed E-state index contributed by atoms with van der Waals surface area (Å²) in [4.78, 5) is 23.5. The molecule has 0 aliphatic rings. The van der Waals surface area contributed by atoms with Gasteiger partial charge in [0.2, 0.25) is 0 Å². The smallest absolute Gasteiger partial charge is 0.307 e. The van der Waals surface area contributed by atoms with Crippen molar-refractivity contribution in [3.63, 3.8) is 0 Å². The number of amides is 1. The molecule has 0 unspecified atom stereocenters. The second-order valence-electron chi connectivity index (χ2n) is 5.79. The highest BCUT2D eigenvalue weighted by atomic mass is 35.5. The highest BCUT2D eigenvalue weighted by Crippen LogP contribution is 2.25. The highest BCUT2D eigenvalue weighted by molar-refractivity contribution is 7.92. The normalized spacial score (nSPS) is 11.0. The van der Waals surface area contributed by atoms with Crippen LogP contribution in [0.5, 0.6) is 0 Å². The maximum Gasteiger partial charge on any atom is 0.307 e. The van der Waals surface area contributed by atoms with Crippen LogP contribution < -0.4 is 9.62 Å². The number of ether oxygens (including phenoxy) is 1. The molecule has 0 atom stereocenters. The molecule has 0 saturated carbocycles. The molecule has 1 N–H and O–H groups in total. The van der Waals surface area contributed by atoms with Crippen molar-refractivity contribution >= 4 is 39.2 Å². The van der Waals surface area contributed by atoms with E-state index < -0.39 is 21.9 Å². The average Bonchev–Trinajstić information content (AvgIpc) is 2.67. The molecule has 0 aliphatic heterocycles. The van der Waals surface area contributed by atoms with Crippen molar-refractivity contribution in [3.05, 3.63) is 59.1 Å². The van der Waals surface area contributed by atoms with Crippen LogP contribution in [0.2, 0.25) is 5.02 Å². The van der Waals surface area contributed by atoms with Crippen LogP contribution in [-0.2, 0) is 19.6 Å². The molecular weight excluding hydrogens is 404 g/mol. The summed E-state index contributed by atoms with van der Waals surface area (Å²) in [5.41, 5.74) is 0.571. The van der Waals surface area contributed by atoms with Crippen molar-refractivity contribution in [2.75, 3.05) is 24.5 Å². The number of sulfonamides is 1. The molecule has 0 radical (unpaired) electrons. The molecule has 9 heteroatoms. The summed E-state index contributed by atoms with van der Waals surface area (Å²) in [6.45, 7) is 2.06. The van der Waals surface area contributed by atoms with Gasteiger partial charge in [-0.2, -0.15) is 0 Å². The Labute approximate surface area is 169 Å². The van der Waals surface area contributed by atoms with E-state index in [9.17, 15) is 18.0 Å². The minimum atomic E-state index is -3.89. The van der Waals surface area contributed by atoms with Crippen molar-refractivity contribution < 1.29 is 22.7 Å². The van der Waals surface area contributed by atoms with Gasteiger partial charge in [0.25, 0.3) is 15.9 Å². The van der Waals surface area contributed by atoms with Crippen LogP contribution in [0.1, 0.15) is 23.7 Å². The fraction of sp³-hybridized carbons (Fsp3) is 0.263. The number of carbonyl (C=O) groups is 2. The van der Waals surface area contributed by atoms with Crippen molar-refractivity contribution in [1.82, 2.24) is 5.32 Å². The molecule has 0 saturated heterocycles. The first-order valence-electron chi connectivity index (χ1n) is 8.54. The van der Waals surface area contributed by atoms with E-state index in [1.54, 1.807) is 25.1 Å². The van der Waals surface area contributed by atoms with Gasteiger partial charge < -0.3 is 10.1 Å². The maximum absolute atomic E-state index is 12.9. The first-order chi connectivity index (χ1) is 13.3. The van der Waals surface area contributed by atoms with Gasteiger partial charge >= 0.3 is 5.97 Å². The Morgan fingerprint density at radius 1 is 1.14 bits per heavy atom. The van der Waals surface area contributed by atoms with Gasteiger partial charge in [0.1, 0.15) is 0 Å². The molecule has 0 fully saturated rings. The van der Waals surface area contributed by atoms with E-state index in [0.29, 0.717) is 10.7 Å². The zero-order chi connectivity index (χ0) is 20.7. The lowest BCUT2D eigenvalue weighted by Gasteiger charge is -2.20. The Morgan fingerprint density at radius 3 is 2.54 bits per heavy atom. The van der Waals surface area contributed by atoms with Gasteiger partial charge in [0.15, 0.2) is 0 Å². The van der Waals surface area contributed by atoms with Crippen molar-refractivity contribution in [2.24, 2.45) is 0 Å². The number of halogens is 1. The summed E-state index contributed by atoms with van der Waals surface area (Å²) in [6.07, 6.45) is 0.0368. The standard InChI is InChI=1S/C19H21ClN2O5S/c1-3-27-18(23)10-11-21-19(24)14-6-4-9-17(12-14)28(25,26)22(2)16-8-5-7-15(20)13-16/h4-9,12-13H,3,10-11H2,1-2H3,(H,21,24). The number of benzene rings is 2. The van der Waals surface area contributed by atoms with Gasteiger partial charge in [0.05, 0.1) is 23.6 Å². The first-order valence-corrected chi connectivity index (χ1v) is 10.4. The van der Waals surface area contributed by atoms with Gasteiger partial charge in [0, 0.05) is 24.2 Å². The summed E-state index contributed by atoms with van der Waals surface area (Å²) in [5.74, 6) is -0.894. The number of hydrogen-bond donors (Lipinski definition) is 1. The number of nitrogens with one attached hydrogen (secondary N) is 1. The minimum absolute atomic E-state index is 0.0342. The van der Waals surface area contributed by atoms with E-state index in [1.165, 1.54) is 37.4 Å². The molecule has 7 nitrogen and oxygen atoms in total. The van der Waals surface area contributed by atoms with E-state index in [4.69, 9.17) is 16.3 Å². The summed E-state index contributed by atoms with van der Waals surface area (Å²) < 4.78 is 31.6. The summed E-state index contributed by atoms with van der Waals surface area (Å²) >= 11 is 5.93. The lowest BCUT2D eigenvalue weighted by atomic mass is 10.2. The molecule has 2 rings (SSSR count). The molecule has 150 valence electrons. The summed E-state index contributed by atoms with van der Waals surface area (Å²) in [6, 6.07) is 12.1. The summed E-state index contributed by atoms with van der Waals surface area (Å²) in [5, 5.41) is 2.98. The van der Waals surface area contributed by atoms with E-state index in [0.717, 1.165) is 4.31 Å². The SMILES string of the molecule is CCOC(=O)CCNC(=O)c1cccc(S(=O)(=O)N(C)c2cccc(Cl)c2)c1. The average molecular weight is 425 g/mol. The van der Waals surface area contributed by atoms with Crippen LogP contribution in [0, 0.1) is 0 Å². The number of rotatable bonds is 8. The van der Waals surface area contributed by atoms with Crippen molar-refractivity contribution in [1.29, 1.82) is 0 Å². The number of hydrogen-bond acceptors (Lipinski definition) is 5. The molecule has 28 heavy (non-hydrogen) atoms. The lowest BCUT2D eigenvalue weighted by molar-refractivity contribution is -0.142. The minimum Gasteiger partial charge on any atom is -0.466 e. The molecule has 0 bridgehead atoms. The number of carbonyl (C=O) groups excluding carboxylic acids is 2. The zero-order valence-corrected chi connectivity index (χ0v) is 17.1. The van der Waals surface area contributed by atoms with Crippen LogP contribution in [-0.4, -0.2) is 40.5 Å². The predicted molar refractivity (Wildman–Crippen MR) is 107 cm³/mol. The maximum atomic E-state index is 12.9. The van der Waals surface area contributed by atoms with Gasteiger partial charge in [-0.15, -0.1) is 0 Å². The Morgan fingerprint density at radius 2 is 1.86 bits per heavy atom. The third-order valence-corrected chi connectivity index (χ3v) is 5.86. The third kappa shape index (κ3) is 5.46. The molecular formula is C19H21ClN2O5S. The Bertz CT molecular complexity index is 962. The fourth-order valence-corrected chi connectivity index (χ4v) is 3.80. The van der Waals surface area contributed by atoms with Crippen molar-refractivity contribution in [3.8, 4) is 0 Å². The molecule has 0 heterocycles. The lowest BCUT2D eigenvalue weighted by Crippen LogP contribution is -2.28. The summed E-state index contributed by atoms with van der Waals surface area (Å²) in [7, 11) is -2.48. The first kappa shape index (κ1) is 21.7. The van der Waals surface area contributed by atoms with E-state index in [2.05, 4.69) is 5.32 Å². The fourth-order valence-electron chi connectivity index (χ4n) is 2.38. The largest absolute Gasteiger partial charge is 0.466 e. The van der Waals surface area contributed by atoms with Crippen molar-refractivity contribution in [2.45, 2.75) is 18.2 Å². The topological polar surface area (TPSA) is 92.8 Å². The molecule has 2 aromatic rings. The van der Waals surface area contributed by atoms with Gasteiger partial charge in [-0.25, -0.2) is 8.42 Å². The molecule has 2 aromatic carbocycles. The number of anilines is 1. The second kappa shape index (κ2) is 9.57. The van der Waals surface area contributed by atoms with Crippen LogP contribution in [0.25, 0.3) is 0 Å². The Hall–Kier alpha value is -2.58. The van der Waals surface area contributed by atoms with Crippen LogP contribution >= 0.6 is 11.6 Å². The highest BCUT2D eigenvalue weighted by Gasteiger charge is 2.22. The Kier molecular flexibility index (Phi) is 7.42. The molecule has 0 aliphatic carbocycles.